The fraction of sp³-hybridized carbons (Fsp3) is 0.333. The fourth-order valence-electron chi connectivity index (χ4n) is 2.62. The molecule has 0 atom stereocenters. The van der Waals surface area contributed by atoms with Crippen molar-refractivity contribution in [3.05, 3.63) is 48.4 Å². The topological polar surface area (TPSA) is 68.9 Å². The van der Waals surface area contributed by atoms with E-state index in [4.69, 9.17) is 0 Å². The van der Waals surface area contributed by atoms with E-state index in [9.17, 15) is 0 Å². The van der Waals surface area contributed by atoms with E-state index in [0.717, 1.165) is 37.7 Å². The molecule has 3 N–H and O–H groups in total. The zero-order valence-electron chi connectivity index (χ0n) is 14.2. The third-order valence-electron chi connectivity index (χ3n) is 3.91. The van der Waals surface area contributed by atoms with Crippen LogP contribution in [-0.2, 0) is 6.42 Å². The third kappa shape index (κ3) is 4.23. The van der Waals surface area contributed by atoms with Gasteiger partial charge in [0, 0.05) is 42.8 Å². The SMILES string of the molecule is CN(C)CCNc1cc(NCCc2c[nH]c3ccccc23)ncn1. The van der Waals surface area contributed by atoms with Crippen LogP contribution in [0.15, 0.2) is 42.9 Å². The van der Waals surface area contributed by atoms with E-state index in [1.165, 1.54) is 16.5 Å². The first kappa shape index (κ1) is 16.3. The number of H-pyrrole nitrogens is 1. The molecule has 0 saturated carbocycles. The molecule has 3 rings (SSSR count). The first-order chi connectivity index (χ1) is 11.7. The van der Waals surface area contributed by atoms with Gasteiger partial charge in [-0.2, -0.15) is 0 Å². The third-order valence-corrected chi connectivity index (χ3v) is 3.91. The molecule has 0 aliphatic carbocycles. The maximum Gasteiger partial charge on any atom is 0.131 e. The van der Waals surface area contributed by atoms with Crippen molar-refractivity contribution in [3.63, 3.8) is 0 Å². The summed E-state index contributed by atoms with van der Waals surface area (Å²) in [7, 11) is 4.11. The number of nitrogens with zero attached hydrogens (tertiary/aromatic N) is 3. The summed E-state index contributed by atoms with van der Waals surface area (Å²) in [4.78, 5) is 14.0. The molecule has 0 aliphatic heterocycles. The lowest BCUT2D eigenvalue weighted by molar-refractivity contribution is 0.425. The molecule has 126 valence electrons. The van der Waals surface area contributed by atoms with Gasteiger partial charge in [-0.3, -0.25) is 0 Å². The van der Waals surface area contributed by atoms with Gasteiger partial charge in [-0.25, -0.2) is 9.97 Å². The van der Waals surface area contributed by atoms with Gasteiger partial charge in [0.2, 0.25) is 0 Å². The molecule has 3 aromatic rings. The summed E-state index contributed by atoms with van der Waals surface area (Å²) in [6, 6.07) is 10.3. The molecular formula is C18H24N6. The standard InChI is InChI=1S/C18H24N6/c1-24(2)10-9-20-18-11-17(22-13-23-18)19-8-7-14-12-21-16-6-4-3-5-15(14)16/h3-6,11-13,21H,7-10H2,1-2H3,(H2,19,20,22,23). The number of aromatic amines is 1. The van der Waals surface area contributed by atoms with E-state index in [0.29, 0.717) is 0 Å². The lowest BCUT2D eigenvalue weighted by Crippen LogP contribution is -2.21. The van der Waals surface area contributed by atoms with Crippen LogP contribution in [0.5, 0.6) is 0 Å². The number of hydrogen-bond acceptors (Lipinski definition) is 5. The van der Waals surface area contributed by atoms with Crippen LogP contribution in [0.4, 0.5) is 11.6 Å². The Morgan fingerprint density at radius 1 is 1.04 bits per heavy atom. The lowest BCUT2D eigenvalue weighted by atomic mass is 10.1. The predicted molar refractivity (Wildman–Crippen MR) is 99.6 cm³/mol. The number of benzene rings is 1. The number of rotatable bonds is 8. The summed E-state index contributed by atoms with van der Waals surface area (Å²) >= 11 is 0. The Morgan fingerprint density at radius 3 is 2.58 bits per heavy atom. The molecule has 6 heteroatoms. The highest BCUT2D eigenvalue weighted by atomic mass is 15.1. The Labute approximate surface area is 142 Å². The normalized spacial score (nSPS) is 11.1. The van der Waals surface area contributed by atoms with E-state index in [2.05, 4.69) is 69.0 Å². The van der Waals surface area contributed by atoms with Crippen LogP contribution in [0.25, 0.3) is 10.9 Å². The lowest BCUT2D eigenvalue weighted by Gasteiger charge is -2.11. The minimum atomic E-state index is 0.829. The van der Waals surface area contributed by atoms with Gasteiger partial charge in [-0.05, 0) is 32.1 Å². The second kappa shape index (κ2) is 7.79. The average Bonchev–Trinajstić information content (AvgIpc) is 2.98. The van der Waals surface area contributed by atoms with Gasteiger partial charge in [0.15, 0.2) is 0 Å². The van der Waals surface area contributed by atoms with Crippen molar-refractivity contribution in [3.8, 4) is 0 Å². The fourth-order valence-corrected chi connectivity index (χ4v) is 2.62. The number of nitrogens with one attached hydrogen (secondary N) is 3. The van der Waals surface area contributed by atoms with Gasteiger partial charge in [-0.1, -0.05) is 18.2 Å². The zero-order chi connectivity index (χ0) is 16.8. The van der Waals surface area contributed by atoms with E-state index in [1.54, 1.807) is 6.33 Å². The molecule has 0 amide bonds. The van der Waals surface area contributed by atoms with Crippen LogP contribution in [0.2, 0.25) is 0 Å². The van der Waals surface area contributed by atoms with E-state index >= 15 is 0 Å². The number of anilines is 2. The summed E-state index contributed by atoms with van der Waals surface area (Å²) in [5.74, 6) is 1.69. The Morgan fingerprint density at radius 2 is 1.79 bits per heavy atom. The summed E-state index contributed by atoms with van der Waals surface area (Å²) in [5.41, 5.74) is 2.50. The van der Waals surface area contributed by atoms with E-state index < -0.39 is 0 Å². The minimum Gasteiger partial charge on any atom is -0.370 e. The van der Waals surface area contributed by atoms with Gasteiger partial charge in [0.25, 0.3) is 0 Å². The summed E-state index contributed by atoms with van der Waals surface area (Å²) in [6.07, 6.45) is 4.62. The quantitative estimate of drug-likeness (QED) is 0.594. The average molecular weight is 324 g/mol. The molecule has 0 spiro atoms. The van der Waals surface area contributed by atoms with Crippen molar-refractivity contribution in [2.75, 3.05) is 44.4 Å². The molecule has 0 fully saturated rings. The Kier molecular flexibility index (Phi) is 5.28. The van der Waals surface area contributed by atoms with Crippen molar-refractivity contribution in [2.24, 2.45) is 0 Å². The Hall–Kier alpha value is -2.60. The molecule has 0 aliphatic rings. The van der Waals surface area contributed by atoms with Crippen LogP contribution in [0, 0.1) is 0 Å². The van der Waals surface area contributed by atoms with Crippen molar-refractivity contribution in [2.45, 2.75) is 6.42 Å². The highest BCUT2D eigenvalue weighted by Gasteiger charge is 2.03. The number of likely N-dealkylation sites (N-methyl/N-ethyl adjacent to an activating group) is 1. The molecule has 24 heavy (non-hydrogen) atoms. The van der Waals surface area contributed by atoms with Gasteiger partial charge >= 0.3 is 0 Å². The van der Waals surface area contributed by atoms with Gasteiger partial charge in [-0.15, -0.1) is 0 Å². The molecule has 0 radical (unpaired) electrons. The van der Waals surface area contributed by atoms with Crippen molar-refractivity contribution in [1.29, 1.82) is 0 Å². The smallest absolute Gasteiger partial charge is 0.131 e. The van der Waals surface area contributed by atoms with Crippen LogP contribution < -0.4 is 10.6 Å². The maximum absolute atomic E-state index is 4.28. The largest absolute Gasteiger partial charge is 0.370 e. The number of hydrogen-bond donors (Lipinski definition) is 3. The molecule has 0 unspecified atom stereocenters. The van der Waals surface area contributed by atoms with Gasteiger partial charge in [0.1, 0.15) is 18.0 Å². The first-order valence-corrected chi connectivity index (χ1v) is 8.22. The maximum atomic E-state index is 4.28. The molecular weight excluding hydrogens is 300 g/mol. The zero-order valence-corrected chi connectivity index (χ0v) is 14.2. The van der Waals surface area contributed by atoms with Gasteiger partial charge < -0.3 is 20.5 Å². The van der Waals surface area contributed by atoms with Crippen molar-refractivity contribution < 1.29 is 0 Å². The second-order valence-corrected chi connectivity index (χ2v) is 6.05. The monoisotopic (exact) mass is 324 g/mol. The summed E-state index contributed by atoms with van der Waals surface area (Å²) in [5, 5.41) is 7.96. The van der Waals surface area contributed by atoms with Gasteiger partial charge in [0.05, 0.1) is 0 Å². The van der Waals surface area contributed by atoms with Crippen molar-refractivity contribution in [1.82, 2.24) is 19.9 Å². The first-order valence-electron chi connectivity index (χ1n) is 8.22. The van der Waals surface area contributed by atoms with Crippen molar-refractivity contribution >= 4 is 22.5 Å². The molecule has 6 nitrogen and oxygen atoms in total. The van der Waals surface area contributed by atoms with E-state index in [-0.39, 0.29) is 0 Å². The minimum absolute atomic E-state index is 0.829. The number of aromatic nitrogens is 3. The predicted octanol–water partition coefficient (Wildman–Crippen LogP) is 2.59. The Bertz CT molecular complexity index is 780. The summed E-state index contributed by atoms with van der Waals surface area (Å²) in [6.45, 7) is 2.65. The van der Waals surface area contributed by atoms with Crippen LogP contribution in [0.1, 0.15) is 5.56 Å². The second-order valence-electron chi connectivity index (χ2n) is 6.05. The number of para-hydroxylation sites is 1. The van der Waals surface area contributed by atoms with Crippen LogP contribution in [0.3, 0.4) is 0 Å². The molecule has 0 bridgehead atoms. The summed E-state index contributed by atoms with van der Waals surface area (Å²) < 4.78 is 0. The number of fused-ring (bicyclic) bond motifs is 1. The molecule has 0 saturated heterocycles. The molecule has 1 aromatic carbocycles. The molecule has 2 aromatic heterocycles. The molecule has 2 heterocycles. The Balaban J connectivity index is 1.53. The van der Waals surface area contributed by atoms with E-state index in [1.807, 2.05) is 12.1 Å². The van der Waals surface area contributed by atoms with Crippen LogP contribution >= 0.6 is 0 Å². The highest BCUT2D eigenvalue weighted by Crippen LogP contribution is 2.18. The van der Waals surface area contributed by atoms with Crippen LogP contribution in [-0.4, -0.2) is 53.6 Å². The highest BCUT2D eigenvalue weighted by molar-refractivity contribution is 5.83.